The number of primary amides is 1. The number of anilines is 1. The van der Waals surface area contributed by atoms with E-state index in [4.69, 9.17) is 5.73 Å². The summed E-state index contributed by atoms with van der Waals surface area (Å²) < 4.78 is 2.10. The topological polar surface area (TPSA) is 120 Å². The van der Waals surface area contributed by atoms with Crippen molar-refractivity contribution in [3.63, 3.8) is 0 Å². The molecule has 3 N–H and O–H groups in total. The second-order valence-electron chi connectivity index (χ2n) is 6.94. The van der Waals surface area contributed by atoms with Crippen molar-refractivity contribution >= 4 is 50.8 Å². The van der Waals surface area contributed by atoms with Crippen LogP contribution in [-0.4, -0.2) is 32.3 Å². The van der Waals surface area contributed by atoms with Gasteiger partial charge in [0.2, 0.25) is 5.91 Å². The first-order valence-corrected chi connectivity index (χ1v) is 11.5. The van der Waals surface area contributed by atoms with E-state index in [2.05, 4.69) is 15.4 Å². The Morgan fingerprint density at radius 2 is 1.78 bits per heavy atom. The van der Waals surface area contributed by atoms with Crippen LogP contribution >= 0.6 is 23.1 Å². The maximum Gasteiger partial charge on any atom is 0.278 e. The number of nitrogens with two attached hydrogens (primary N) is 1. The molecule has 0 atom stereocenters. The fourth-order valence-corrected chi connectivity index (χ4v) is 5.00. The van der Waals surface area contributed by atoms with Crippen molar-refractivity contribution in [2.24, 2.45) is 5.73 Å². The van der Waals surface area contributed by atoms with Crippen molar-refractivity contribution in [1.82, 2.24) is 14.8 Å². The number of nitrogens with one attached hydrogen (secondary N) is 1. The molecule has 0 aliphatic carbocycles. The van der Waals surface area contributed by atoms with Crippen LogP contribution in [0.3, 0.4) is 0 Å². The minimum absolute atomic E-state index is 0.132. The molecule has 0 aliphatic rings. The average Bonchev–Trinajstić information content (AvgIpc) is 3.13. The van der Waals surface area contributed by atoms with Crippen LogP contribution in [0.15, 0.2) is 63.6 Å². The van der Waals surface area contributed by atoms with Gasteiger partial charge in [-0.05, 0) is 18.6 Å². The van der Waals surface area contributed by atoms with Crippen molar-refractivity contribution in [2.45, 2.75) is 17.7 Å². The lowest BCUT2D eigenvalue weighted by atomic mass is 10.1. The van der Waals surface area contributed by atoms with Gasteiger partial charge in [0, 0.05) is 5.39 Å². The number of thiazole rings is 1. The van der Waals surface area contributed by atoms with E-state index in [1.54, 1.807) is 31.2 Å². The highest BCUT2D eigenvalue weighted by molar-refractivity contribution is 8.01. The number of thioether (sulfide) groups is 1. The lowest BCUT2D eigenvalue weighted by molar-refractivity contribution is -0.115. The smallest absolute Gasteiger partial charge is 0.278 e. The molecule has 0 spiro atoms. The molecular weight excluding hydrogens is 446 g/mol. The molecule has 2 aromatic carbocycles. The van der Waals surface area contributed by atoms with E-state index >= 15 is 0 Å². The van der Waals surface area contributed by atoms with Gasteiger partial charge in [0.05, 0.1) is 27.6 Å². The first kappa shape index (κ1) is 21.7. The van der Waals surface area contributed by atoms with Gasteiger partial charge in [-0.3, -0.25) is 19.7 Å². The summed E-state index contributed by atoms with van der Waals surface area (Å²) in [6.45, 7) is 2.04. The summed E-state index contributed by atoms with van der Waals surface area (Å²) >= 11 is 2.53. The lowest BCUT2D eigenvalue weighted by Gasteiger charge is -2.10. The molecule has 32 heavy (non-hydrogen) atoms. The van der Waals surface area contributed by atoms with Gasteiger partial charge >= 0.3 is 0 Å². The maximum atomic E-state index is 13.1. The number of hydrogen-bond donors (Lipinski definition) is 2. The highest BCUT2D eigenvalue weighted by Gasteiger charge is 2.19. The summed E-state index contributed by atoms with van der Waals surface area (Å²) in [5.41, 5.74) is 6.67. The summed E-state index contributed by atoms with van der Waals surface area (Å²) in [4.78, 5) is 41.5. The number of carbonyl (C=O) groups is 2. The van der Waals surface area contributed by atoms with Gasteiger partial charge in [0.1, 0.15) is 0 Å². The minimum atomic E-state index is -0.469. The van der Waals surface area contributed by atoms with E-state index in [0.717, 1.165) is 9.77 Å². The summed E-state index contributed by atoms with van der Waals surface area (Å²) in [6.07, 6.45) is 0. The molecule has 0 radical (unpaired) electrons. The van der Waals surface area contributed by atoms with Crippen LogP contribution in [0.4, 0.5) is 5.13 Å². The second kappa shape index (κ2) is 9.33. The van der Waals surface area contributed by atoms with Crippen LogP contribution in [0.5, 0.6) is 0 Å². The Bertz CT molecular complexity index is 1370. The fraction of sp³-hybridized carbons (Fsp3) is 0.136. The zero-order valence-corrected chi connectivity index (χ0v) is 18.7. The summed E-state index contributed by atoms with van der Waals surface area (Å²) in [5.74, 6) is -0.763. The number of nitrogens with zero attached hydrogens (tertiary/aromatic N) is 3. The molecule has 4 rings (SSSR count). The molecule has 10 heteroatoms. The van der Waals surface area contributed by atoms with Crippen molar-refractivity contribution in [3.8, 4) is 0 Å². The van der Waals surface area contributed by atoms with E-state index in [0.29, 0.717) is 21.6 Å². The average molecular weight is 466 g/mol. The second-order valence-corrected chi connectivity index (χ2v) is 9.19. The number of hydrogen-bond acceptors (Lipinski definition) is 7. The third-order valence-electron chi connectivity index (χ3n) is 4.58. The van der Waals surface area contributed by atoms with Crippen LogP contribution in [-0.2, 0) is 11.3 Å². The largest absolute Gasteiger partial charge is 0.369 e. The van der Waals surface area contributed by atoms with Crippen molar-refractivity contribution in [2.75, 3.05) is 11.1 Å². The minimum Gasteiger partial charge on any atom is -0.369 e. The molecule has 0 unspecified atom stereocenters. The number of fused-ring (bicyclic) bond motifs is 1. The van der Waals surface area contributed by atoms with E-state index in [9.17, 15) is 14.4 Å². The Kier molecular flexibility index (Phi) is 6.33. The van der Waals surface area contributed by atoms with Gasteiger partial charge in [-0.15, -0.1) is 11.8 Å². The van der Waals surface area contributed by atoms with Crippen LogP contribution in [0.1, 0.15) is 21.7 Å². The molecule has 8 nitrogen and oxygen atoms in total. The third kappa shape index (κ3) is 4.71. The molecule has 4 aromatic rings. The van der Waals surface area contributed by atoms with E-state index < -0.39 is 11.8 Å². The highest BCUT2D eigenvalue weighted by atomic mass is 32.2. The first-order valence-electron chi connectivity index (χ1n) is 9.66. The molecular formula is C22H19N5O3S2. The third-order valence-corrected chi connectivity index (χ3v) is 7.04. The van der Waals surface area contributed by atoms with Gasteiger partial charge in [-0.1, -0.05) is 59.9 Å². The lowest BCUT2D eigenvalue weighted by Crippen LogP contribution is -2.28. The Morgan fingerprint density at radius 3 is 2.50 bits per heavy atom. The van der Waals surface area contributed by atoms with Gasteiger partial charge in [0.25, 0.3) is 11.5 Å². The molecule has 0 saturated heterocycles. The first-order chi connectivity index (χ1) is 15.4. The van der Waals surface area contributed by atoms with E-state index in [1.165, 1.54) is 27.8 Å². The Labute approximate surface area is 191 Å². The Hall–Kier alpha value is -3.50. The molecule has 0 fully saturated rings. The quantitative estimate of drug-likeness (QED) is 0.405. The van der Waals surface area contributed by atoms with Crippen molar-refractivity contribution in [3.05, 3.63) is 81.9 Å². The molecule has 0 bridgehead atoms. The SMILES string of the molecule is Cc1nc(NC(=O)c2nn(Cc3ccccc3)c(=O)c3ccccc23)sc1SCC(N)=O. The Balaban J connectivity index is 1.68. The van der Waals surface area contributed by atoms with Gasteiger partial charge in [-0.25, -0.2) is 9.67 Å². The molecule has 162 valence electrons. The predicted molar refractivity (Wildman–Crippen MR) is 126 cm³/mol. The summed E-state index contributed by atoms with van der Waals surface area (Å²) in [6, 6.07) is 16.3. The zero-order valence-electron chi connectivity index (χ0n) is 17.1. The van der Waals surface area contributed by atoms with E-state index in [1.807, 2.05) is 30.3 Å². The van der Waals surface area contributed by atoms with Crippen LogP contribution in [0.25, 0.3) is 10.8 Å². The highest BCUT2D eigenvalue weighted by Crippen LogP contribution is 2.32. The molecule has 2 amide bonds. The van der Waals surface area contributed by atoms with Crippen LogP contribution in [0.2, 0.25) is 0 Å². The number of aryl methyl sites for hydroxylation is 1. The van der Waals surface area contributed by atoms with Gasteiger partial charge in [-0.2, -0.15) is 5.10 Å². The number of benzene rings is 2. The number of carbonyl (C=O) groups excluding carboxylic acids is 2. The van der Waals surface area contributed by atoms with Crippen molar-refractivity contribution in [1.29, 1.82) is 0 Å². The molecule has 2 heterocycles. The van der Waals surface area contributed by atoms with Crippen molar-refractivity contribution < 1.29 is 9.59 Å². The fourth-order valence-electron chi connectivity index (χ4n) is 3.13. The zero-order chi connectivity index (χ0) is 22.7. The number of amides is 2. The van der Waals surface area contributed by atoms with E-state index in [-0.39, 0.29) is 23.6 Å². The Morgan fingerprint density at radius 1 is 1.09 bits per heavy atom. The van der Waals surface area contributed by atoms with Gasteiger partial charge < -0.3 is 5.73 Å². The monoisotopic (exact) mass is 465 g/mol. The number of aromatic nitrogens is 3. The van der Waals surface area contributed by atoms with Crippen LogP contribution < -0.4 is 16.6 Å². The predicted octanol–water partition coefficient (Wildman–Crippen LogP) is 3.04. The van der Waals surface area contributed by atoms with Gasteiger partial charge in [0.15, 0.2) is 10.8 Å². The summed E-state index contributed by atoms with van der Waals surface area (Å²) in [5, 5.41) is 8.42. The standard InChI is InChI=1S/C22H19N5O3S2/c1-13-21(31-12-17(23)28)32-22(24-13)25-19(29)18-15-9-5-6-10-16(15)20(30)27(26-18)11-14-7-3-2-4-8-14/h2-10H,11-12H2,1H3,(H2,23,28)(H,24,25,29). The molecule has 0 aliphatic heterocycles. The number of rotatable bonds is 7. The normalized spacial score (nSPS) is 10.9. The maximum absolute atomic E-state index is 13.1. The van der Waals surface area contributed by atoms with Crippen LogP contribution in [0, 0.1) is 6.92 Å². The molecule has 2 aromatic heterocycles. The molecule has 0 saturated carbocycles. The summed E-state index contributed by atoms with van der Waals surface area (Å²) in [7, 11) is 0.